The molecule has 0 aliphatic rings. The summed E-state index contributed by atoms with van der Waals surface area (Å²) >= 11 is 1.47. The largest absolute Gasteiger partial charge is 0.480 e. The number of hydrogen-bond acceptors (Lipinski definition) is 5. The lowest BCUT2D eigenvalue weighted by molar-refractivity contribution is -0.144. The van der Waals surface area contributed by atoms with Crippen molar-refractivity contribution in [2.45, 2.75) is 57.1 Å². The van der Waals surface area contributed by atoms with E-state index in [1.54, 1.807) is 6.92 Å². The topological polar surface area (TPSA) is 75.4 Å². The molecular formula is C13H22N2O3S. The quantitative estimate of drug-likeness (QED) is 0.750. The summed E-state index contributed by atoms with van der Waals surface area (Å²) in [5.41, 5.74) is -0.0416. The Hall–Kier alpha value is -1.01. The molecule has 0 fully saturated rings. The van der Waals surface area contributed by atoms with Gasteiger partial charge in [-0.1, -0.05) is 25.6 Å². The number of thioether (sulfide) groups is 1. The van der Waals surface area contributed by atoms with Crippen molar-refractivity contribution in [3.8, 4) is 0 Å². The van der Waals surface area contributed by atoms with Crippen LogP contribution >= 0.6 is 11.8 Å². The van der Waals surface area contributed by atoms with E-state index in [0.717, 1.165) is 11.5 Å². The molecule has 0 aliphatic heterocycles. The Kier molecular flexibility index (Phi) is 5.43. The third-order valence-electron chi connectivity index (χ3n) is 3.05. The Bertz CT molecular complexity index is 428. The lowest BCUT2D eigenvalue weighted by atomic mass is 9.96. The number of oxazole rings is 1. The molecule has 1 rings (SSSR count). The van der Waals surface area contributed by atoms with Gasteiger partial charge in [-0.15, -0.1) is 0 Å². The molecule has 6 heteroatoms. The molecule has 19 heavy (non-hydrogen) atoms. The highest BCUT2D eigenvalue weighted by molar-refractivity contribution is 7.99. The average molecular weight is 286 g/mol. The number of carbonyl (C=O) groups is 1. The van der Waals surface area contributed by atoms with E-state index >= 15 is 0 Å². The summed E-state index contributed by atoms with van der Waals surface area (Å²) < 4.78 is 5.50. The highest BCUT2D eigenvalue weighted by atomic mass is 32.2. The first-order chi connectivity index (χ1) is 8.78. The van der Waals surface area contributed by atoms with Gasteiger partial charge < -0.3 is 14.8 Å². The van der Waals surface area contributed by atoms with Gasteiger partial charge in [-0.3, -0.25) is 4.79 Å². The van der Waals surface area contributed by atoms with Crippen LogP contribution in [0.1, 0.15) is 38.6 Å². The smallest absolute Gasteiger partial charge is 0.323 e. The molecule has 5 nitrogen and oxygen atoms in total. The Morgan fingerprint density at radius 1 is 1.58 bits per heavy atom. The van der Waals surface area contributed by atoms with Gasteiger partial charge in [-0.05, 0) is 33.7 Å². The summed E-state index contributed by atoms with van der Waals surface area (Å²) in [6, 6.07) is 0. The molecule has 2 N–H and O–H groups in total. The van der Waals surface area contributed by atoms with Crippen molar-refractivity contribution < 1.29 is 14.3 Å². The van der Waals surface area contributed by atoms with Gasteiger partial charge in [-0.2, -0.15) is 0 Å². The van der Waals surface area contributed by atoms with Crippen LogP contribution in [0, 0.1) is 13.8 Å². The normalized spacial score (nSPS) is 16.1. The molecule has 0 saturated heterocycles. The second kappa shape index (κ2) is 6.43. The zero-order valence-electron chi connectivity index (χ0n) is 12.1. The number of carboxylic acid groups (broad SMARTS) is 1. The predicted molar refractivity (Wildman–Crippen MR) is 75.6 cm³/mol. The van der Waals surface area contributed by atoms with Crippen LogP contribution in [0.25, 0.3) is 0 Å². The molecule has 1 aromatic heterocycles. The molecule has 0 radical (unpaired) electrons. The third-order valence-corrected chi connectivity index (χ3v) is 3.99. The van der Waals surface area contributed by atoms with Crippen LogP contribution in [0.3, 0.4) is 0 Å². The zero-order chi connectivity index (χ0) is 14.6. The monoisotopic (exact) mass is 286 g/mol. The summed E-state index contributed by atoms with van der Waals surface area (Å²) in [4.78, 5) is 15.6. The third kappa shape index (κ3) is 4.24. The molecule has 2 atom stereocenters. The number of aryl methyl sites for hydroxylation is 2. The minimum atomic E-state index is -0.919. The number of nitrogens with one attached hydrogen (secondary N) is 1. The van der Waals surface area contributed by atoms with Crippen LogP contribution in [0.2, 0.25) is 0 Å². The van der Waals surface area contributed by atoms with E-state index < -0.39 is 11.5 Å². The van der Waals surface area contributed by atoms with E-state index in [9.17, 15) is 9.90 Å². The molecule has 0 aliphatic carbocycles. The number of nitrogens with zero attached hydrogens (tertiary/aromatic N) is 1. The fraction of sp³-hybridized carbons (Fsp3) is 0.692. The van der Waals surface area contributed by atoms with Crippen LogP contribution in [0.5, 0.6) is 0 Å². The van der Waals surface area contributed by atoms with Gasteiger partial charge in [0.2, 0.25) is 0 Å². The van der Waals surface area contributed by atoms with Crippen LogP contribution in [0.15, 0.2) is 9.64 Å². The molecule has 1 aromatic rings. The van der Waals surface area contributed by atoms with Gasteiger partial charge in [0.05, 0.1) is 5.69 Å². The molecule has 0 saturated carbocycles. The van der Waals surface area contributed by atoms with Crippen molar-refractivity contribution in [2.24, 2.45) is 0 Å². The SMILES string of the molecule is CCNC(C)(CC(C)Sc1nc(C)c(C)o1)C(=O)O. The molecule has 0 bridgehead atoms. The molecule has 1 heterocycles. The predicted octanol–water partition coefficient (Wildman–Crippen LogP) is 2.61. The molecule has 0 amide bonds. The second-order valence-electron chi connectivity index (χ2n) is 4.92. The summed E-state index contributed by atoms with van der Waals surface area (Å²) in [7, 11) is 0. The Balaban J connectivity index is 2.67. The van der Waals surface area contributed by atoms with Crippen molar-refractivity contribution in [2.75, 3.05) is 6.54 Å². The Morgan fingerprint density at radius 2 is 2.21 bits per heavy atom. The Labute approximate surface area is 118 Å². The van der Waals surface area contributed by atoms with Gasteiger partial charge in [0.15, 0.2) is 0 Å². The van der Waals surface area contributed by atoms with Gasteiger partial charge in [0, 0.05) is 5.25 Å². The van der Waals surface area contributed by atoms with Gasteiger partial charge >= 0.3 is 5.97 Å². The summed E-state index contributed by atoms with van der Waals surface area (Å²) in [5.74, 6) is -0.0241. The van der Waals surface area contributed by atoms with E-state index in [2.05, 4.69) is 10.3 Å². The number of hydrogen-bond donors (Lipinski definition) is 2. The zero-order valence-corrected chi connectivity index (χ0v) is 12.9. The molecule has 0 spiro atoms. The number of likely N-dealkylation sites (N-methyl/N-ethyl adjacent to an activating group) is 1. The van der Waals surface area contributed by atoms with E-state index in [1.807, 2.05) is 27.7 Å². The van der Waals surface area contributed by atoms with Crippen LogP contribution in [0.4, 0.5) is 0 Å². The molecular weight excluding hydrogens is 264 g/mol. The van der Waals surface area contributed by atoms with Gasteiger partial charge in [0.25, 0.3) is 5.22 Å². The highest BCUT2D eigenvalue weighted by Gasteiger charge is 2.34. The molecule has 108 valence electrons. The fourth-order valence-electron chi connectivity index (χ4n) is 1.91. The van der Waals surface area contributed by atoms with Crippen LogP contribution in [-0.2, 0) is 4.79 Å². The number of aliphatic carboxylic acids is 1. The lowest BCUT2D eigenvalue weighted by Crippen LogP contribution is -2.50. The average Bonchev–Trinajstić information content (AvgIpc) is 2.57. The molecule has 0 aromatic carbocycles. The van der Waals surface area contributed by atoms with Crippen molar-refractivity contribution in [1.82, 2.24) is 10.3 Å². The van der Waals surface area contributed by atoms with Crippen LogP contribution < -0.4 is 5.32 Å². The minimum absolute atomic E-state index is 0.0950. The maximum Gasteiger partial charge on any atom is 0.323 e. The first-order valence-electron chi connectivity index (χ1n) is 6.37. The Morgan fingerprint density at radius 3 is 2.63 bits per heavy atom. The second-order valence-corrected chi connectivity index (χ2v) is 6.31. The summed E-state index contributed by atoms with van der Waals surface area (Å²) in [6.07, 6.45) is 0.501. The minimum Gasteiger partial charge on any atom is -0.480 e. The van der Waals surface area contributed by atoms with Crippen molar-refractivity contribution in [3.63, 3.8) is 0 Å². The summed E-state index contributed by atoms with van der Waals surface area (Å²) in [5, 5.41) is 13.0. The van der Waals surface area contributed by atoms with Gasteiger partial charge in [-0.25, -0.2) is 4.98 Å². The van der Waals surface area contributed by atoms with E-state index in [0.29, 0.717) is 18.2 Å². The van der Waals surface area contributed by atoms with Crippen molar-refractivity contribution in [1.29, 1.82) is 0 Å². The number of rotatable bonds is 7. The number of aromatic nitrogens is 1. The van der Waals surface area contributed by atoms with Crippen molar-refractivity contribution >= 4 is 17.7 Å². The fourth-order valence-corrected chi connectivity index (χ4v) is 3.03. The standard InChI is InChI=1S/C13H22N2O3S/c1-6-14-13(5,11(16)17)7-8(2)19-12-15-9(3)10(4)18-12/h8,14H,6-7H2,1-5H3,(H,16,17). The first-order valence-corrected chi connectivity index (χ1v) is 7.25. The first kappa shape index (κ1) is 16.0. The maximum atomic E-state index is 11.3. The van der Waals surface area contributed by atoms with Crippen molar-refractivity contribution in [3.05, 3.63) is 11.5 Å². The maximum absolute atomic E-state index is 11.3. The summed E-state index contributed by atoms with van der Waals surface area (Å²) in [6.45, 7) is 9.99. The number of carboxylic acids is 1. The van der Waals surface area contributed by atoms with Gasteiger partial charge in [0.1, 0.15) is 11.3 Å². The van der Waals surface area contributed by atoms with E-state index in [-0.39, 0.29) is 5.25 Å². The lowest BCUT2D eigenvalue weighted by Gasteiger charge is -2.28. The van der Waals surface area contributed by atoms with Crippen LogP contribution in [-0.4, -0.2) is 33.4 Å². The van der Waals surface area contributed by atoms with E-state index in [1.165, 1.54) is 11.8 Å². The molecule has 2 unspecified atom stereocenters. The van der Waals surface area contributed by atoms with E-state index in [4.69, 9.17) is 4.42 Å². The highest BCUT2D eigenvalue weighted by Crippen LogP contribution is 2.29.